The maximum Gasteiger partial charge on any atom is 0.343 e. The molecule has 21 heavy (non-hydrogen) atoms. The van der Waals surface area contributed by atoms with Crippen LogP contribution in [0.2, 0.25) is 0 Å². The van der Waals surface area contributed by atoms with E-state index in [1.54, 1.807) is 0 Å². The number of hydrogen-bond acceptors (Lipinski definition) is 7. The number of thioether (sulfide) groups is 1. The summed E-state index contributed by atoms with van der Waals surface area (Å²) >= 11 is 6.47. The summed E-state index contributed by atoms with van der Waals surface area (Å²) < 4.78 is 0.583. The summed E-state index contributed by atoms with van der Waals surface area (Å²) in [7, 11) is 0. The highest BCUT2D eigenvalue weighted by Crippen LogP contribution is 2.36. The second kappa shape index (κ2) is 6.99. The molecule has 0 bridgehead atoms. The second-order valence-electron chi connectivity index (χ2n) is 4.59. The number of nitro groups is 1. The number of thiocarbonyl (C=S) groups is 1. The first-order valence-corrected chi connectivity index (χ1v) is 8.01. The van der Waals surface area contributed by atoms with Gasteiger partial charge in [-0.15, -0.1) is 0 Å². The Morgan fingerprint density at radius 1 is 1.52 bits per heavy atom. The fourth-order valence-electron chi connectivity index (χ4n) is 1.76. The zero-order valence-corrected chi connectivity index (χ0v) is 13.5. The Labute approximate surface area is 132 Å². The van der Waals surface area contributed by atoms with E-state index in [0.717, 1.165) is 37.7 Å². The minimum Gasteiger partial charge on any atom is -0.361 e. The van der Waals surface area contributed by atoms with Gasteiger partial charge in [0.15, 0.2) is 5.03 Å². The first-order valence-electron chi connectivity index (χ1n) is 6.79. The Morgan fingerprint density at radius 3 is 2.71 bits per heavy atom. The maximum atomic E-state index is 11.4. The fourth-order valence-corrected chi connectivity index (χ4v) is 3.17. The Hall–Kier alpha value is -1.48. The van der Waals surface area contributed by atoms with Crippen molar-refractivity contribution in [1.82, 2.24) is 14.9 Å². The van der Waals surface area contributed by atoms with Gasteiger partial charge in [-0.1, -0.05) is 12.2 Å². The zero-order valence-electron chi connectivity index (χ0n) is 11.9. The molecule has 1 heterocycles. The third-order valence-corrected chi connectivity index (χ3v) is 4.53. The SMILES string of the molecule is CCN(CC)C(=S)Sc1ncnc(NC2CC2)c1[N+](=O)[O-]. The molecule has 0 aromatic carbocycles. The summed E-state index contributed by atoms with van der Waals surface area (Å²) in [5.74, 6) is 0.280. The molecule has 2 rings (SSSR count). The standard InChI is InChI=1S/C12H17N5O2S2/c1-3-16(4-2)12(20)21-11-9(17(18)19)10(13-7-14-11)15-8-5-6-8/h7-8H,3-6H2,1-2H3,(H,13,14,15). The predicted molar refractivity (Wildman–Crippen MR) is 86.7 cm³/mol. The van der Waals surface area contributed by atoms with E-state index in [0.29, 0.717) is 4.32 Å². The van der Waals surface area contributed by atoms with Crippen molar-refractivity contribution in [2.24, 2.45) is 0 Å². The molecule has 7 nitrogen and oxygen atoms in total. The van der Waals surface area contributed by atoms with Gasteiger partial charge in [0, 0.05) is 19.1 Å². The van der Waals surface area contributed by atoms with Crippen LogP contribution in [0.3, 0.4) is 0 Å². The molecule has 0 unspecified atom stereocenters. The number of rotatable bonds is 6. The molecule has 0 spiro atoms. The number of aromatic nitrogens is 2. The topological polar surface area (TPSA) is 84.2 Å². The maximum absolute atomic E-state index is 11.4. The van der Waals surface area contributed by atoms with E-state index in [4.69, 9.17) is 12.2 Å². The molecular weight excluding hydrogens is 310 g/mol. The van der Waals surface area contributed by atoms with Crippen molar-refractivity contribution in [2.45, 2.75) is 37.8 Å². The minimum atomic E-state index is -0.447. The Bertz CT molecular complexity index is 546. The highest BCUT2D eigenvalue weighted by Gasteiger charge is 2.29. The fraction of sp³-hybridized carbons (Fsp3) is 0.583. The molecule has 1 N–H and O–H groups in total. The number of hydrogen-bond donors (Lipinski definition) is 1. The van der Waals surface area contributed by atoms with E-state index in [-0.39, 0.29) is 22.6 Å². The van der Waals surface area contributed by atoms with E-state index in [2.05, 4.69) is 15.3 Å². The summed E-state index contributed by atoms with van der Waals surface area (Å²) in [4.78, 5) is 20.9. The summed E-state index contributed by atoms with van der Waals surface area (Å²) in [5.41, 5.74) is -0.0936. The Balaban J connectivity index is 2.25. The van der Waals surface area contributed by atoms with Gasteiger partial charge >= 0.3 is 5.69 Å². The lowest BCUT2D eigenvalue weighted by Gasteiger charge is -2.20. The Morgan fingerprint density at radius 2 is 2.19 bits per heavy atom. The van der Waals surface area contributed by atoms with Crippen LogP contribution in [0.1, 0.15) is 26.7 Å². The summed E-state index contributed by atoms with van der Waals surface area (Å²) in [6, 6.07) is 0.284. The second-order valence-corrected chi connectivity index (χ2v) is 6.21. The summed E-state index contributed by atoms with van der Waals surface area (Å²) in [5, 5.41) is 14.7. The minimum absolute atomic E-state index is 0.0936. The van der Waals surface area contributed by atoms with Crippen molar-refractivity contribution in [3.63, 3.8) is 0 Å². The third-order valence-electron chi connectivity index (χ3n) is 3.10. The van der Waals surface area contributed by atoms with Gasteiger partial charge in [-0.05, 0) is 38.5 Å². The average Bonchev–Trinajstić information content (AvgIpc) is 3.24. The molecule has 1 aliphatic rings. The molecule has 114 valence electrons. The molecule has 1 fully saturated rings. The van der Waals surface area contributed by atoms with E-state index in [1.807, 2.05) is 18.7 Å². The molecule has 0 aliphatic heterocycles. The van der Waals surface area contributed by atoms with Gasteiger partial charge in [0.1, 0.15) is 10.6 Å². The molecule has 1 aromatic rings. The van der Waals surface area contributed by atoms with Gasteiger partial charge in [-0.3, -0.25) is 10.1 Å². The van der Waals surface area contributed by atoms with Gasteiger partial charge in [0.25, 0.3) is 0 Å². The van der Waals surface area contributed by atoms with Gasteiger partial charge in [0.05, 0.1) is 4.92 Å². The van der Waals surface area contributed by atoms with Crippen molar-refractivity contribution >= 4 is 39.8 Å². The zero-order chi connectivity index (χ0) is 15.4. The van der Waals surface area contributed by atoms with E-state index < -0.39 is 4.92 Å². The van der Waals surface area contributed by atoms with Crippen LogP contribution in [0.25, 0.3) is 0 Å². The molecule has 0 radical (unpaired) electrons. The molecule has 1 aromatic heterocycles. The number of nitrogens with zero attached hydrogens (tertiary/aromatic N) is 4. The van der Waals surface area contributed by atoms with E-state index in [1.165, 1.54) is 6.33 Å². The van der Waals surface area contributed by atoms with Crippen LogP contribution in [0, 0.1) is 10.1 Å². The first-order chi connectivity index (χ1) is 10.1. The lowest BCUT2D eigenvalue weighted by molar-refractivity contribution is -0.387. The smallest absolute Gasteiger partial charge is 0.343 e. The first kappa shape index (κ1) is 15.9. The third kappa shape index (κ3) is 4.01. The van der Waals surface area contributed by atoms with Crippen molar-refractivity contribution in [3.05, 3.63) is 16.4 Å². The largest absolute Gasteiger partial charge is 0.361 e. The van der Waals surface area contributed by atoms with Crippen LogP contribution in [-0.4, -0.2) is 43.2 Å². The van der Waals surface area contributed by atoms with Crippen LogP contribution < -0.4 is 5.32 Å². The van der Waals surface area contributed by atoms with Crippen LogP contribution in [0.4, 0.5) is 11.5 Å². The normalized spacial score (nSPS) is 13.8. The molecule has 0 saturated heterocycles. The monoisotopic (exact) mass is 327 g/mol. The van der Waals surface area contributed by atoms with Crippen LogP contribution >= 0.6 is 24.0 Å². The van der Waals surface area contributed by atoms with Gasteiger partial charge in [0.2, 0.25) is 5.82 Å². The van der Waals surface area contributed by atoms with E-state index >= 15 is 0 Å². The average molecular weight is 327 g/mol. The van der Waals surface area contributed by atoms with Gasteiger partial charge in [-0.2, -0.15) is 0 Å². The van der Waals surface area contributed by atoms with Crippen LogP contribution in [0.15, 0.2) is 11.4 Å². The van der Waals surface area contributed by atoms with Crippen LogP contribution in [0.5, 0.6) is 0 Å². The molecule has 9 heteroatoms. The Kier molecular flexibility index (Phi) is 5.29. The van der Waals surface area contributed by atoms with Crippen LogP contribution in [-0.2, 0) is 0 Å². The van der Waals surface area contributed by atoms with Gasteiger partial charge in [-0.25, -0.2) is 9.97 Å². The van der Waals surface area contributed by atoms with Crippen molar-refractivity contribution < 1.29 is 4.92 Å². The number of nitrogens with one attached hydrogen (secondary N) is 1. The molecule has 0 amide bonds. The highest BCUT2D eigenvalue weighted by molar-refractivity contribution is 8.22. The summed E-state index contributed by atoms with van der Waals surface area (Å²) in [6.07, 6.45) is 3.37. The lowest BCUT2D eigenvalue weighted by atomic mass is 10.4. The molecular formula is C12H17N5O2S2. The lowest BCUT2D eigenvalue weighted by Crippen LogP contribution is -2.26. The van der Waals surface area contributed by atoms with Crippen molar-refractivity contribution in [3.8, 4) is 0 Å². The van der Waals surface area contributed by atoms with Crippen molar-refractivity contribution in [1.29, 1.82) is 0 Å². The predicted octanol–water partition coefficient (Wildman–Crippen LogP) is 2.68. The van der Waals surface area contributed by atoms with Crippen molar-refractivity contribution in [2.75, 3.05) is 18.4 Å². The molecule has 1 saturated carbocycles. The van der Waals surface area contributed by atoms with E-state index in [9.17, 15) is 10.1 Å². The van der Waals surface area contributed by atoms with Gasteiger partial charge < -0.3 is 10.2 Å². The molecule has 1 aliphatic carbocycles. The molecule has 0 atom stereocenters. The highest BCUT2D eigenvalue weighted by atomic mass is 32.2. The summed E-state index contributed by atoms with van der Waals surface area (Å²) in [6.45, 7) is 5.50. The number of anilines is 1. The quantitative estimate of drug-likeness (QED) is 0.281.